The van der Waals surface area contributed by atoms with Crippen LogP contribution in [0.25, 0.3) is 11.3 Å². The van der Waals surface area contributed by atoms with Gasteiger partial charge in [0.05, 0.1) is 28.8 Å². The molecule has 2 amide bonds. The van der Waals surface area contributed by atoms with Crippen molar-refractivity contribution in [2.24, 2.45) is 0 Å². The zero-order chi connectivity index (χ0) is 25.9. The lowest BCUT2D eigenvalue weighted by Gasteiger charge is -2.28. The maximum atomic E-state index is 15.1. The predicted molar refractivity (Wildman–Crippen MR) is 141 cm³/mol. The number of halogens is 1. The third-order valence-corrected chi connectivity index (χ3v) is 7.13. The Morgan fingerprint density at radius 2 is 1.86 bits per heavy atom. The van der Waals surface area contributed by atoms with E-state index in [0.29, 0.717) is 30.2 Å². The van der Waals surface area contributed by atoms with Crippen LogP contribution in [0, 0.1) is 5.82 Å². The van der Waals surface area contributed by atoms with Gasteiger partial charge >= 0.3 is 0 Å². The minimum absolute atomic E-state index is 0.0946. The van der Waals surface area contributed by atoms with Crippen LogP contribution in [0.15, 0.2) is 54.6 Å². The lowest BCUT2D eigenvalue weighted by Crippen LogP contribution is -2.44. The van der Waals surface area contributed by atoms with Crippen LogP contribution in [0.1, 0.15) is 37.1 Å². The van der Waals surface area contributed by atoms with Crippen LogP contribution in [-0.2, 0) is 19.9 Å². The predicted octanol–water partition coefficient (Wildman–Crippen LogP) is 4.38. The number of aromatic nitrogens is 2. The maximum Gasteiger partial charge on any atom is 0.240 e. The number of nitrogens with zero attached hydrogens (tertiary/aromatic N) is 3. The fraction of sp³-hybridized carbons (Fsp3) is 0.370. The summed E-state index contributed by atoms with van der Waals surface area (Å²) in [5.74, 6) is -0.263. The van der Waals surface area contributed by atoms with Gasteiger partial charge in [0, 0.05) is 30.3 Å². The van der Waals surface area contributed by atoms with Crippen LogP contribution in [0.5, 0.6) is 0 Å². The summed E-state index contributed by atoms with van der Waals surface area (Å²) in [7, 11) is 1.56. The quantitative estimate of drug-likeness (QED) is 0.478. The van der Waals surface area contributed by atoms with Crippen LogP contribution in [0.2, 0.25) is 0 Å². The zero-order valence-electron chi connectivity index (χ0n) is 21.0. The largest absolute Gasteiger partial charge is 0.383 e. The van der Waals surface area contributed by atoms with E-state index in [9.17, 15) is 9.59 Å². The molecule has 1 N–H and O–H groups in total. The molecule has 190 valence electrons. The molecule has 0 radical (unpaired) electrons. The van der Waals surface area contributed by atoms with Gasteiger partial charge in [-0.15, -0.1) is 11.8 Å². The number of fused-ring (bicyclic) bond motifs is 1. The Kier molecular flexibility index (Phi) is 7.80. The van der Waals surface area contributed by atoms with Gasteiger partial charge in [-0.2, -0.15) is 5.10 Å². The third kappa shape index (κ3) is 5.32. The first kappa shape index (κ1) is 25.9. The van der Waals surface area contributed by atoms with Crippen molar-refractivity contribution in [3.63, 3.8) is 0 Å². The highest BCUT2D eigenvalue weighted by Crippen LogP contribution is 2.49. The highest BCUT2D eigenvalue weighted by atomic mass is 32.2. The lowest BCUT2D eigenvalue weighted by molar-refractivity contribution is -0.123. The number of nitrogens with one attached hydrogen (secondary N) is 1. The average Bonchev–Trinajstić information content (AvgIpc) is 3.19. The third-order valence-electron chi connectivity index (χ3n) is 5.89. The number of hydrogen-bond acceptors (Lipinski definition) is 5. The number of ether oxygens (including phenoxy) is 1. The summed E-state index contributed by atoms with van der Waals surface area (Å²) in [6, 6.07) is 16.3. The molecule has 1 aliphatic heterocycles. The van der Waals surface area contributed by atoms with Crippen LogP contribution >= 0.6 is 11.8 Å². The minimum Gasteiger partial charge on any atom is -0.383 e. The van der Waals surface area contributed by atoms with E-state index in [1.807, 2.05) is 51.1 Å². The second-order valence-corrected chi connectivity index (χ2v) is 10.7. The fourth-order valence-corrected chi connectivity index (χ4v) is 5.44. The SMILES string of the molecule is COCCNC(=O)CN1C(=O)CSC(c2ccccc2F)c2c(-c3ccccc3)nn(C(C)(C)C)c21. The fourth-order valence-electron chi connectivity index (χ4n) is 4.22. The molecule has 9 heteroatoms. The van der Waals surface area contributed by atoms with Crippen molar-refractivity contribution >= 4 is 29.4 Å². The summed E-state index contributed by atoms with van der Waals surface area (Å²) >= 11 is 1.35. The second kappa shape index (κ2) is 10.8. The summed E-state index contributed by atoms with van der Waals surface area (Å²) in [5.41, 5.74) is 2.21. The van der Waals surface area contributed by atoms with Crippen molar-refractivity contribution in [3.05, 3.63) is 71.5 Å². The summed E-state index contributed by atoms with van der Waals surface area (Å²) in [4.78, 5) is 27.8. The Hall–Kier alpha value is -3.17. The highest BCUT2D eigenvalue weighted by Gasteiger charge is 2.40. The van der Waals surface area contributed by atoms with Crippen molar-refractivity contribution in [1.82, 2.24) is 15.1 Å². The number of rotatable bonds is 7. The van der Waals surface area contributed by atoms with E-state index in [-0.39, 0.29) is 29.9 Å². The molecule has 1 unspecified atom stereocenters. The molecule has 2 heterocycles. The molecule has 0 bridgehead atoms. The van der Waals surface area contributed by atoms with Gasteiger partial charge in [0.25, 0.3) is 0 Å². The normalized spacial score (nSPS) is 16.0. The van der Waals surface area contributed by atoms with Crippen molar-refractivity contribution in [1.29, 1.82) is 0 Å². The summed E-state index contributed by atoms with van der Waals surface area (Å²) in [6.45, 7) is 6.51. The average molecular weight is 511 g/mol. The molecule has 0 saturated heterocycles. The molecule has 0 aliphatic carbocycles. The molecule has 1 atom stereocenters. The van der Waals surface area contributed by atoms with Gasteiger partial charge in [-0.1, -0.05) is 48.5 Å². The van der Waals surface area contributed by atoms with E-state index in [1.54, 1.807) is 30.0 Å². The lowest BCUT2D eigenvalue weighted by atomic mass is 9.99. The minimum atomic E-state index is -0.517. The molecule has 36 heavy (non-hydrogen) atoms. The Labute approximate surface area is 215 Å². The molecule has 0 fully saturated rings. The topological polar surface area (TPSA) is 76.5 Å². The molecule has 1 aromatic heterocycles. The number of methoxy groups -OCH3 is 1. The van der Waals surface area contributed by atoms with Crippen molar-refractivity contribution in [2.45, 2.75) is 31.6 Å². The number of anilines is 1. The molecular weight excluding hydrogens is 479 g/mol. The zero-order valence-corrected chi connectivity index (χ0v) is 21.8. The number of carbonyl (C=O) groups is 2. The Morgan fingerprint density at radius 3 is 2.53 bits per heavy atom. The number of amides is 2. The van der Waals surface area contributed by atoms with Crippen LogP contribution in [0.3, 0.4) is 0 Å². The summed E-state index contributed by atoms with van der Waals surface area (Å²) < 4.78 is 22.0. The van der Waals surface area contributed by atoms with E-state index in [2.05, 4.69) is 5.32 Å². The van der Waals surface area contributed by atoms with Crippen molar-refractivity contribution in [2.75, 3.05) is 37.5 Å². The summed E-state index contributed by atoms with van der Waals surface area (Å²) in [6.07, 6.45) is 0. The van der Waals surface area contributed by atoms with Gasteiger partial charge < -0.3 is 10.1 Å². The molecule has 1 aliphatic rings. The number of thioether (sulfide) groups is 1. The first-order chi connectivity index (χ1) is 17.2. The van der Waals surface area contributed by atoms with Gasteiger partial charge in [0.1, 0.15) is 18.2 Å². The van der Waals surface area contributed by atoms with E-state index >= 15 is 4.39 Å². The molecular formula is C27H31FN4O3S. The molecule has 0 saturated carbocycles. The summed E-state index contributed by atoms with van der Waals surface area (Å²) in [5, 5.41) is 7.29. The van der Waals surface area contributed by atoms with Crippen LogP contribution in [0.4, 0.5) is 10.2 Å². The number of hydrogen-bond donors (Lipinski definition) is 1. The van der Waals surface area contributed by atoms with Crippen LogP contribution in [-0.4, -0.2) is 54.2 Å². The van der Waals surface area contributed by atoms with Crippen molar-refractivity contribution in [3.8, 4) is 11.3 Å². The van der Waals surface area contributed by atoms with Gasteiger partial charge in [-0.25, -0.2) is 9.07 Å². The van der Waals surface area contributed by atoms with Crippen LogP contribution < -0.4 is 10.2 Å². The first-order valence-corrected chi connectivity index (χ1v) is 12.9. The highest BCUT2D eigenvalue weighted by molar-refractivity contribution is 8.00. The molecule has 7 nitrogen and oxygen atoms in total. The standard InChI is InChI=1S/C27H31FN4O3S/c1-27(2,3)32-26-23(24(30-32)18-10-6-5-7-11-18)25(19-12-8-9-13-20(19)28)36-17-22(34)31(26)16-21(33)29-14-15-35-4/h5-13,25H,14-17H2,1-4H3,(H,29,33). The Bertz CT molecular complexity index is 1240. The van der Waals surface area contributed by atoms with Gasteiger partial charge in [-0.05, 0) is 26.8 Å². The second-order valence-electron chi connectivity index (χ2n) is 9.57. The Morgan fingerprint density at radius 1 is 1.17 bits per heavy atom. The van der Waals surface area contributed by atoms with E-state index in [4.69, 9.17) is 9.84 Å². The number of benzene rings is 2. The van der Waals surface area contributed by atoms with Crippen molar-refractivity contribution < 1.29 is 18.7 Å². The van der Waals surface area contributed by atoms with Gasteiger partial charge in [0.15, 0.2) is 0 Å². The number of carbonyl (C=O) groups excluding carboxylic acids is 2. The van der Waals surface area contributed by atoms with E-state index in [0.717, 1.165) is 11.1 Å². The molecule has 3 aromatic rings. The first-order valence-electron chi connectivity index (χ1n) is 11.8. The molecule has 2 aromatic carbocycles. The molecule has 0 spiro atoms. The smallest absolute Gasteiger partial charge is 0.240 e. The monoisotopic (exact) mass is 510 g/mol. The van der Waals surface area contributed by atoms with Gasteiger partial charge in [0.2, 0.25) is 11.8 Å². The van der Waals surface area contributed by atoms with E-state index in [1.165, 1.54) is 22.7 Å². The maximum absolute atomic E-state index is 15.1. The van der Waals surface area contributed by atoms with E-state index < -0.39 is 10.8 Å². The molecule has 4 rings (SSSR count). The van der Waals surface area contributed by atoms with Gasteiger partial charge in [-0.3, -0.25) is 14.5 Å². The Balaban J connectivity index is 1.95.